The molecule has 2 rings (SSSR count). The molecule has 0 atom stereocenters. The summed E-state index contributed by atoms with van der Waals surface area (Å²) in [4.78, 5) is 25.4. The molecule has 0 saturated carbocycles. The third kappa shape index (κ3) is 6.37. The minimum atomic E-state index is -0.664. The van der Waals surface area contributed by atoms with Gasteiger partial charge < -0.3 is 0 Å². The van der Waals surface area contributed by atoms with E-state index < -0.39 is 11.8 Å². The van der Waals surface area contributed by atoms with E-state index in [9.17, 15) is 9.59 Å². The summed E-state index contributed by atoms with van der Waals surface area (Å²) >= 11 is 5.84. The molecule has 0 bridgehead atoms. The van der Waals surface area contributed by atoms with Crippen LogP contribution >= 0.6 is 0 Å². The van der Waals surface area contributed by atoms with Crippen molar-refractivity contribution >= 4 is 57.8 Å². The maximum atomic E-state index is 12.7. The van der Waals surface area contributed by atoms with Gasteiger partial charge in [0, 0.05) is 0 Å². The number of benzene rings is 2. The first kappa shape index (κ1) is 23.5. The van der Waals surface area contributed by atoms with Crippen LogP contribution in [0.1, 0.15) is 11.1 Å². The normalized spacial score (nSPS) is 9.70. The van der Waals surface area contributed by atoms with E-state index in [2.05, 4.69) is 52.5 Å². The first-order valence-corrected chi connectivity index (χ1v) is 10.6. The Bertz CT molecular complexity index is 877. The number of nitrogens with zero attached hydrogens (tertiary/aromatic N) is 3. The van der Waals surface area contributed by atoms with Crippen LogP contribution in [0, 0.1) is 0 Å². The molecule has 8 nitrogen and oxygen atoms in total. The van der Waals surface area contributed by atoms with Crippen LogP contribution in [0.25, 0.3) is 0 Å². The van der Waals surface area contributed by atoms with Crippen molar-refractivity contribution in [3.8, 4) is 0 Å². The SMILES string of the molecule is CNN=C(C(=O)NN(C)C(=[Se])c1ccccc1)C(=O)NN(C)C(=[Se])c1ccccc1. The van der Waals surface area contributed by atoms with E-state index in [0.717, 1.165) is 11.1 Å². The molecule has 2 amide bonds. The third-order valence-electron chi connectivity index (χ3n) is 3.84. The van der Waals surface area contributed by atoms with Crippen LogP contribution in [-0.4, -0.2) is 88.9 Å². The molecule has 0 heterocycles. The Balaban J connectivity index is 2.05. The Hall–Kier alpha value is -2.77. The summed E-state index contributed by atoms with van der Waals surface area (Å²) in [6, 6.07) is 19.0. The van der Waals surface area contributed by atoms with Crippen LogP contribution in [0.3, 0.4) is 0 Å². The average molecular weight is 536 g/mol. The quantitative estimate of drug-likeness (QED) is 0.169. The molecule has 30 heavy (non-hydrogen) atoms. The number of hydrogen-bond donors (Lipinski definition) is 3. The molecular weight excluding hydrogens is 514 g/mol. The molecule has 156 valence electrons. The number of hydrazone groups is 1. The number of hydrogen-bond acceptors (Lipinski definition) is 6. The molecule has 2 aromatic carbocycles. The van der Waals surface area contributed by atoms with Gasteiger partial charge in [-0.05, 0) is 0 Å². The molecule has 0 unspecified atom stereocenters. The minimum absolute atomic E-state index is 0.321. The van der Waals surface area contributed by atoms with E-state index in [0.29, 0.717) is 9.08 Å². The van der Waals surface area contributed by atoms with E-state index in [1.54, 1.807) is 14.1 Å². The molecule has 10 heteroatoms. The summed E-state index contributed by atoms with van der Waals surface area (Å²) < 4.78 is 1.38. The molecular formula is C20H22N6O2Se2. The van der Waals surface area contributed by atoms with E-state index >= 15 is 0 Å². The van der Waals surface area contributed by atoms with Crippen molar-refractivity contribution in [2.45, 2.75) is 0 Å². The molecule has 0 radical (unpaired) electrons. The fourth-order valence-corrected chi connectivity index (χ4v) is 3.14. The number of nitrogens with one attached hydrogen (secondary N) is 3. The van der Waals surface area contributed by atoms with Crippen molar-refractivity contribution in [1.82, 2.24) is 26.3 Å². The molecule has 0 aromatic heterocycles. The number of hydrazine groups is 2. The Morgan fingerprint density at radius 2 is 1.13 bits per heavy atom. The van der Waals surface area contributed by atoms with Gasteiger partial charge in [-0.2, -0.15) is 0 Å². The summed E-state index contributed by atoms with van der Waals surface area (Å²) in [5, 5.41) is 6.83. The number of amides is 2. The average Bonchev–Trinajstić information content (AvgIpc) is 2.77. The van der Waals surface area contributed by atoms with Crippen LogP contribution in [0.5, 0.6) is 0 Å². The van der Waals surface area contributed by atoms with Gasteiger partial charge in [0.05, 0.1) is 0 Å². The Kier molecular flexibility index (Phi) is 8.95. The zero-order valence-corrected chi connectivity index (χ0v) is 20.2. The maximum absolute atomic E-state index is 12.7. The zero-order chi connectivity index (χ0) is 22.1. The fourth-order valence-electron chi connectivity index (χ4n) is 2.38. The van der Waals surface area contributed by atoms with Crippen LogP contribution < -0.4 is 16.3 Å². The summed E-state index contributed by atoms with van der Waals surface area (Å²) in [6.45, 7) is 0. The van der Waals surface area contributed by atoms with Gasteiger partial charge in [0.25, 0.3) is 0 Å². The molecule has 0 aliphatic rings. The van der Waals surface area contributed by atoms with Gasteiger partial charge in [-0.25, -0.2) is 0 Å². The van der Waals surface area contributed by atoms with Crippen molar-refractivity contribution in [1.29, 1.82) is 0 Å². The first-order chi connectivity index (χ1) is 14.3. The van der Waals surface area contributed by atoms with Gasteiger partial charge in [-0.15, -0.1) is 0 Å². The van der Waals surface area contributed by atoms with Gasteiger partial charge in [-0.3, -0.25) is 0 Å². The Morgan fingerprint density at radius 3 is 1.47 bits per heavy atom. The molecule has 0 saturated heterocycles. The van der Waals surface area contributed by atoms with Crippen molar-refractivity contribution in [3.63, 3.8) is 0 Å². The number of carbonyl (C=O) groups excluding carboxylic acids is 2. The Morgan fingerprint density at radius 1 is 0.767 bits per heavy atom. The zero-order valence-electron chi connectivity index (χ0n) is 16.7. The second kappa shape index (κ2) is 11.4. The Labute approximate surface area is 191 Å². The standard InChI is InChI=1S/C20H22N6O2Se2/c1-21-22-16(17(27)23-25(2)19(29)14-10-6-4-7-11-14)18(28)24-26(3)20(30)15-12-8-5-9-13-15/h4-13,21H,1-3H3,(H,23,27)(H,24,28). The van der Waals surface area contributed by atoms with Crippen LogP contribution in [-0.2, 0) is 9.59 Å². The van der Waals surface area contributed by atoms with E-state index in [1.807, 2.05) is 60.7 Å². The van der Waals surface area contributed by atoms with Crippen LogP contribution in [0.4, 0.5) is 0 Å². The summed E-state index contributed by atoms with van der Waals surface area (Å²) in [7, 11) is 4.85. The molecule has 0 spiro atoms. The predicted octanol–water partition coefficient (Wildman–Crippen LogP) is -0.819. The molecule has 2 aromatic rings. The molecule has 3 N–H and O–H groups in total. The van der Waals surface area contributed by atoms with Crippen molar-refractivity contribution in [3.05, 3.63) is 71.8 Å². The van der Waals surface area contributed by atoms with Crippen molar-refractivity contribution in [2.24, 2.45) is 5.10 Å². The third-order valence-corrected chi connectivity index (χ3v) is 5.98. The predicted molar refractivity (Wildman–Crippen MR) is 121 cm³/mol. The fraction of sp³-hybridized carbons (Fsp3) is 0.150. The van der Waals surface area contributed by atoms with Gasteiger partial charge >= 0.3 is 192 Å². The van der Waals surface area contributed by atoms with E-state index in [4.69, 9.17) is 0 Å². The van der Waals surface area contributed by atoms with E-state index in [-0.39, 0.29) is 5.71 Å². The van der Waals surface area contributed by atoms with Gasteiger partial charge in [0.1, 0.15) is 0 Å². The van der Waals surface area contributed by atoms with Crippen molar-refractivity contribution in [2.75, 3.05) is 21.1 Å². The van der Waals surface area contributed by atoms with Crippen LogP contribution in [0.15, 0.2) is 65.8 Å². The van der Waals surface area contributed by atoms with Gasteiger partial charge in [-0.1, -0.05) is 0 Å². The molecule has 0 fully saturated rings. The monoisotopic (exact) mass is 538 g/mol. The van der Waals surface area contributed by atoms with Gasteiger partial charge in [0.2, 0.25) is 0 Å². The summed E-state index contributed by atoms with van der Waals surface area (Å²) in [6.07, 6.45) is 0. The second-order valence-electron chi connectivity index (χ2n) is 6.03. The summed E-state index contributed by atoms with van der Waals surface area (Å²) in [5.74, 6) is -1.33. The van der Waals surface area contributed by atoms with Crippen molar-refractivity contribution < 1.29 is 9.59 Å². The summed E-state index contributed by atoms with van der Waals surface area (Å²) in [5.41, 5.74) is 9.23. The molecule has 0 aliphatic heterocycles. The topological polar surface area (TPSA) is 89.1 Å². The second-order valence-corrected chi connectivity index (χ2v) is 7.65. The van der Waals surface area contributed by atoms with Gasteiger partial charge in [0.15, 0.2) is 0 Å². The number of rotatable bonds is 9. The molecule has 0 aliphatic carbocycles. The van der Waals surface area contributed by atoms with Crippen LogP contribution in [0.2, 0.25) is 0 Å². The first-order valence-electron chi connectivity index (χ1n) is 8.87. The van der Waals surface area contributed by atoms with E-state index in [1.165, 1.54) is 17.1 Å². The number of carbonyl (C=O) groups is 2.